The Balaban J connectivity index is 0.00000441. The second-order valence-corrected chi connectivity index (χ2v) is 7.21. The molecule has 1 aromatic rings. The fourth-order valence-electron chi connectivity index (χ4n) is 1.98. The highest BCUT2D eigenvalue weighted by Crippen LogP contribution is 2.16. The lowest BCUT2D eigenvalue weighted by atomic mass is 10.2. The molecule has 1 unspecified atom stereocenters. The van der Waals surface area contributed by atoms with Gasteiger partial charge in [0.1, 0.15) is 0 Å². The number of guanidine groups is 1. The summed E-state index contributed by atoms with van der Waals surface area (Å²) in [6.07, 6.45) is 1.03. The zero-order valence-electron chi connectivity index (χ0n) is 14.6. The van der Waals surface area contributed by atoms with Gasteiger partial charge < -0.3 is 15.5 Å². The normalized spacial score (nSPS) is 13.2. The van der Waals surface area contributed by atoms with E-state index in [0.29, 0.717) is 12.1 Å². The molecule has 0 spiro atoms. The van der Waals surface area contributed by atoms with Crippen molar-refractivity contribution in [3.63, 3.8) is 0 Å². The van der Waals surface area contributed by atoms with E-state index in [9.17, 15) is 0 Å². The average molecular weight is 438 g/mol. The Morgan fingerprint density at radius 2 is 2.00 bits per heavy atom. The van der Waals surface area contributed by atoms with Crippen molar-refractivity contribution in [1.82, 2.24) is 15.5 Å². The first-order valence-electron chi connectivity index (χ1n) is 7.65. The zero-order chi connectivity index (χ0) is 15.8. The van der Waals surface area contributed by atoms with Crippen LogP contribution in [0.1, 0.15) is 30.5 Å². The molecule has 6 heteroatoms. The topological polar surface area (TPSA) is 39.7 Å². The molecule has 4 nitrogen and oxygen atoms in total. The predicted molar refractivity (Wildman–Crippen MR) is 110 cm³/mol. The minimum atomic E-state index is 0. The van der Waals surface area contributed by atoms with E-state index >= 15 is 0 Å². The van der Waals surface area contributed by atoms with Gasteiger partial charge >= 0.3 is 0 Å². The summed E-state index contributed by atoms with van der Waals surface area (Å²) in [5, 5.41) is 6.83. The largest absolute Gasteiger partial charge is 0.355 e. The van der Waals surface area contributed by atoms with E-state index in [1.54, 1.807) is 0 Å². The molecule has 0 aliphatic rings. The van der Waals surface area contributed by atoms with Crippen molar-refractivity contribution in [3.8, 4) is 0 Å². The smallest absolute Gasteiger partial charge is 0.191 e. The summed E-state index contributed by atoms with van der Waals surface area (Å²) in [6.45, 7) is 10.7. The predicted octanol–water partition coefficient (Wildman–Crippen LogP) is 3.11. The third kappa shape index (κ3) is 8.33. The Morgan fingerprint density at radius 3 is 2.50 bits per heavy atom. The molecule has 1 atom stereocenters. The Morgan fingerprint density at radius 1 is 1.32 bits per heavy atom. The summed E-state index contributed by atoms with van der Waals surface area (Å²) in [4.78, 5) is 9.40. The summed E-state index contributed by atoms with van der Waals surface area (Å²) in [5.74, 6) is 0.882. The molecule has 1 rings (SSSR count). The van der Waals surface area contributed by atoms with Crippen LogP contribution in [0.2, 0.25) is 0 Å². The maximum atomic E-state index is 4.30. The van der Waals surface area contributed by atoms with Crippen LogP contribution in [0.15, 0.2) is 17.1 Å². The number of likely N-dealkylation sites (N-methyl/N-ethyl adjacent to an activating group) is 1. The molecule has 22 heavy (non-hydrogen) atoms. The van der Waals surface area contributed by atoms with E-state index in [-0.39, 0.29) is 24.0 Å². The van der Waals surface area contributed by atoms with Crippen molar-refractivity contribution < 1.29 is 0 Å². The lowest BCUT2D eigenvalue weighted by Gasteiger charge is -2.22. The van der Waals surface area contributed by atoms with Crippen molar-refractivity contribution in [2.75, 3.05) is 27.2 Å². The third-order valence-corrected chi connectivity index (χ3v) is 4.57. The van der Waals surface area contributed by atoms with Crippen LogP contribution in [-0.2, 0) is 6.42 Å². The second-order valence-electron chi connectivity index (χ2n) is 5.84. The molecule has 0 fully saturated rings. The standard InChI is InChI=1S/C16H30N4S.HI/c1-12(2)20(6)10-9-18-16(17-5)19-13(3)11-15-8-7-14(4)21-15;/h7-8,12-13H,9-11H2,1-6H3,(H2,17,18,19);1H. The van der Waals surface area contributed by atoms with Crippen LogP contribution in [0.4, 0.5) is 0 Å². The molecule has 0 saturated heterocycles. The number of rotatable bonds is 7. The highest BCUT2D eigenvalue weighted by atomic mass is 127. The van der Waals surface area contributed by atoms with Crippen molar-refractivity contribution in [2.24, 2.45) is 4.99 Å². The third-order valence-electron chi connectivity index (χ3n) is 3.55. The summed E-state index contributed by atoms with van der Waals surface area (Å²) >= 11 is 1.87. The van der Waals surface area contributed by atoms with E-state index < -0.39 is 0 Å². The average Bonchev–Trinajstić information content (AvgIpc) is 2.82. The molecule has 1 heterocycles. The molecule has 0 radical (unpaired) electrons. The fraction of sp³-hybridized carbons (Fsp3) is 0.688. The molecule has 0 saturated carbocycles. The maximum absolute atomic E-state index is 4.30. The van der Waals surface area contributed by atoms with Crippen LogP contribution in [-0.4, -0.2) is 50.1 Å². The summed E-state index contributed by atoms with van der Waals surface area (Å²) in [6, 6.07) is 5.34. The molecule has 0 aliphatic heterocycles. The van der Waals surface area contributed by atoms with Crippen LogP contribution in [0.5, 0.6) is 0 Å². The van der Waals surface area contributed by atoms with Crippen LogP contribution in [0, 0.1) is 6.92 Å². The van der Waals surface area contributed by atoms with Gasteiger partial charge in [0, 0.05) is 48.4 Å². The number of thiophene rings is 1. The van der Waals surface area contributed by atoms with Gasteiger partial charge in [-0.25, -0.2) is 0 Å². The molecular weight excluding hydrogens is 407 g/mol. The van der Waals surface area contributed by atoms with E-state index in [1.807, 2.05) is 18.4 Å². The Hall–Kier alpha value is -0.340. The SMILES string of the molecule is CN=C(NCCN(C)C(C)C)NC(C)Cc1ccc(C)s1.I. The van der Waals surface area contributed by atoms with E-state index in [4.69, 9.17) is 0 Å². The summed E-state index contributed by atoms with van der Waals surface area (Å²) in [7, 11) is 3.97. The molecule has 0 amide bonds. The van der Waals surface area contributed by atoms with E-state index in [0.717, 1.165) is 25.5 Å². The van der Waals surface area contributed by atoms with Gasteiger partial charge in [0.25, 0.3) is 0 Å². The van der Waals surface area contributed by atoms with Gasteiger partial charge in [-0.2, -0.15) is 0 Å². The van der Waals surface area contributed by atoms with Crippen LogP contribution < -0.4 is 10.6 Å². The van der Waals surface area contributed by atoms with Gasteiger partial charge in [-0.1, -0.05) is 0 Å². The first-order valence-corrected chi connectivity index (χ1v) is 8.46. The number of nitrogens with one attached hydrogen (secondary N) is 2. The van der Waals surface area contributed by atoms with Crippen molar-refractivity contribution >= 4 is 41.3 Å². The van der Waals surface area contributed by atoms with Crippen LogP contribution >= 0.6 is 35.3 Å². The number of aliphatic imine (C=N–C) groups is 1. The van der Waals surface area contributed by atoms with Gasteiger partial charge in [-0.05, 0) is 46.9 Å². The van der Waals surface area contributed by atoms with E-state index in [2.05, 4.69) is 67.4 Å². The molecular formula is C16H31IN4S. The number of halogens is 1. The van der Waals surface area contributed by atoms with Crippen molar-refractivity contribution in [3.05, 3.63) is 21.9 Å². The highest BCUT2D eigenvalue weighted by molar-refractivity contribution is 14.0. The molecule has 0 aliphatic carbocycles. The Kier molecular flexibility index (Phi) is 11.1. The van der Waals surface area contributed by atoms with E-state index in [1.165, 1.54) is 9.75 Å². The molecule has 128 valence electrons. The Bertz CT molecular complexity index is 445. The molecule has 1 aromatic heterocycles. The highest BCUT2D eigenvalue weighted by Gasteiger charge is 2.08. The lowest BCUT2D eigenvalue weighted by molar-refractivity contribution is 0.278. The first kappa shape index (κ1) is 21.7. The zero-order valence-corrected chi connectivity index (χ0v) is 17.8. The monoisotopic (exact) mass is 438 g/mol. The van der Waals surface area contributed by atoms with Gasteiger partial charge in [0.15, 0.2) is 5.96 Å². The maximum Gasteiger partial charge on any atom is 0.191 e. The quantitative estimate of drug-likeness (QED) is 0.391. The van der Waals surface area contributed by atoms with Gasteiger partial charge in [-0.15, -0.1) is 35.3 Å². The second kappa shape index (κ2) is 11.2. The molecule has 0 bridgehead atoms. The minimum Gasteiger partial charge on any atom is -0.355 e. The van der Waals surface area contributed by atoms with Gasteiger partial charge in [-0.3, -0.25) is 4.99 Å². The number of nitrogens with zero attached hydrogens (tertiary/aromatic N) is 2. The Labute approximate surface area is 156 Å². The van der Waals surface area contributed by atoms with Crippen molar-refractivity contribution in [2.45, 2.75) is 46.2 Å². The van der Waals surface area contributed by atoms with Gasteiger partial charge in [0.05, 0.1) is 0 Å². The fourth-order valence-corrected chi connectivity index (χ4v) is 3.00. The van der Waals surface area contributed by atoms with Crippen molar-refractivity contribution in [1.29, 1.82) is 0 Å². The summed E-state index contributed by atoms with van der Waals surface area (Å²) < 4.78 is 0. The van der Waals surface area contributed by atoms with Gasteiger partial charge in [0.2, 0.25) is 0 Å². The molecule has 0 aromatic carbocycles. The van der Waals surface area contributed by atoms with Crippen LogP contribution in [0.3, 0.4) is 0 Å². The number of hydrogen-bond donors (Lipinski definition) is 2. The number of aryl methyl sites for hydroxylation is 1. The summed E-state index contributed by atoms with van der Waals surface area (Å²) in [5.41, 5.74) is 0. The molecule has 2 N–H and O–H groups in total. The lowest BCUT2D eigenvalue weighted by Crippen LogP contribution is -2.45. The minimum absolute atomic E-state index is 0. The first-order chi connectivity index (χ1) is 9.92. The van der Waals surface area contributed by atoms with Crippen LogP contribution in [0.25, 0.3) is 0 Å². The number of hydrogen-bond acceptors (Lipinski definition) is 3.